The molecule has 1 aromatic rings. The topological polar surface area (TPSA) is 35.2 Å². The van der Waals surface area contributed by atoms with Crippen molar-refractivity contribution in [1.29, 1.82) is 0 Å². The summed E-state index contributed by atoms with van der Waals surface area (Å²) >= 11 is 5.64. The van der Waals surface area contributed by atoms with E-state index in [-0.39, 0.29) is 0 Å². The van der Waals surface area contributed by atoms with E-state index < -0.39 is 0 Å². The summed E-state index contributed by atoms with van der Waals surface area (Å²) in [5.41, 5.74) is 6.63. The smallest absolute Gasteiger partial charge is 0.125 e. The highest BCUT2D eigenvalue weighted by Gasteiger charge is 2.06. The molecule has 1 aromatic carbocycles. The van der Waals surface area contributed by atoms with Gasteiger partial charge < -0.3 is 10.5 Å². The minimum absolute atomic E-state index is 0.509. The fourth-order valence-electron chi connectivity index (χ4n) is 0.960. The van der Waals surface area contributed by atoms with Crippen LogP contribution in [0.25, 0.3) is 0 Å². The Labute approximate surface area is 93.7 Å². The van der Waals surface area contributed by atoms with E-state index in [0.29, 0.717) is 6.54 Å². The summed E-state index contributed by atoms with van der Waals surface area (Å²) in [6, 6.07) is 3.94. The Morgan fingerprint density at radius 2 is 2.25 bits per heavy atom. The molecule has 0 radical (unpaired) electrons. The van der Waals surface area contributed by atoms with Crippen LogP contribution >= 0.6 is 38.5 Å². The third-order valence-electron chi connectivity index (χ3n) is 1.54. The van der Waals surface area contributed by atoms with Gasteiger partial charge in [-0.2, -0.15) is 0 Å². The number of rotatable bonds is 2. The van der Waals surface area contributed by atoms with Crippen molar-refractivity contribution >= 4 is 38.5 Å². The van der Waals surface area contributed by atoms with Crippen LogP contribution < -0.4 is 10.5 Å². The average Bonchev–Trinajstić information content (AvgIpc) is 2.03. The predicted molar refractivity (Wildman–Crippen MR) is 61.3 cm³/mol. The molecule has 0 bridgehead atoms. The Morgan fingerprint density at radius 3 is 2.75 bits per heavy atom. The third kappa shape index (κ3) is 2.11. The number of hydrogen-bond acceptors (Lipinski definition) is 2. The molecule has 0 unspecified atom stereocenters. The molecule has 0 atom stereocenters. The van der Waals surface area contributed by atoms with Gasteiger partial charge in [-0.1, -0.05) is 15.9 Å². The van der Waals surface area contributed by atoms with Gasteiger partial charge in [0.05, 0.1) is 7.11 Å². The summed E-state index contributed by atoms with van der Waals surface area (Å²) in [4.78, 5) is 0. The zero-order valence-electron chi connectivity index (χ0n) is 6.60. The first-order valence-electron chi connectivity index (χ1n) is 3.41. The van der Waals surface area contributed by atoms with Crippen molar-refractivity contribution in [3.63, 3.8) is 0 Å². The second-order valence-corrected chi connectivity index (χ2v) is 4.35. The van der Waals surface area contributed by atoms with Gasteiger partial charge in [0.1, 0.15) is 5.75 Å². The number of hydrogen-bond donors (Lipinski definition) is 1. The van der Waals surface area contributed by atoms with E-state index in [2.05, 4.69) is 38.5 Å². The Balaban J connectivity index is 3.24. The Hall–Kier alpha value is 0.190. The maximum absolute atomic E-state index is 5.58. The Kier molecular flexibility index (Phi) is 3.79. The van der Waals surface area contributed by atoms with Crippen LogP contribution in [-0.2, 0) is 6.54 Å². The molecule has 0 aliphatic heterocycles. The van der Waals surface area contributed by atoms with Crippen LogP contribution in [0, 0.1) is 3.57 Å². The van der Waals surface area contributed by atoms with Gasteiger partial charge >= 0.3 is 0 Å². The molecule has 0 fully saturated rings. The molecule has 0 spiro atoms. The van der Waals surface area contributed by atoms with Gasteiger partial charge in [-0.3, -0.25) is 0 Å². The van der Waals surface area contributed by atoms with Gasteiger partial charge in [0.2, 0.25) is 0 Å². The van der Waals surface area contributed by atoms with E-state index in [1.807, 2.05) is 12.1 Å². The summed E-state index contributed by atoms with van der Waals surface area (Å²) < 4.78 is 7.32. The SMILES string of the molecule is COc1cc(Br)cc(I)c1CN. The zero-order chi connectivity index (χ0) is 9.14. The van der Waals surface area contributed by atoms with Gasteiger partial charge in [-0.05, 0) is 34.7 Å². The standard InChI is InChI=1S/C8H9BrINO/c1-12-8-3-5(9)2-7(10)6(8)4-11/h2-3H,4,11H2,1H3. The quantitative estimate of drug-likeness (QED) is 0.839. The average molecular weight is 342 g/mol. The number of halogens is 2. The number of methoxy groups -OCH3 is 1. The van der Waals surface area contributed by atoms with E-state index in [9.17, 15) is 0 Å². The first-order valence-corrected chi connectivity index (χ1v) is 5.28. The number of benzene rings is 1. The van der Waals surface area contributed by atoms with Crippen molar-refractivity contribution in [2.24, 2.45) is 5.73 Å². The highest BCUT2D eigenvalue weighted by atomic mass is 127. The molecule has 0 saturated carbocycles. The van der Waals surface area contributed by atoms with Crippen LogP contribution in [0.15, 0.2) is 16.6 Å². The van der Waals surface area contributed by atoms with Crippen molar-refractivity contribution in [1.82, 2.24) is 0 Å². The van der Waals surface area contributed by atoms with Crippen LogP contribution in [0.1, 0.15) is 5.56 Å². The van der Waals surface area contributed by atoms with Gasteiger partial charge in [0, 0.05) is 20.2 Å². The Bertz CT molecular complexity index is 291. The van der Waals surface area contributed by atoms with Crippen molar-refractivity contribution in [3.8, 4) is 5.75 Å². The lowest BCUT2D eigenvalue weighted by molar-refractivity contribution is 0.409. The summed E-state index contributed by atoms with van der Waals surface area (Å²) in [6.07, 6.45) is 0. The molecule has 0 aromatic heterocycles. The summed E-state index contributed by atoms with van der Waals surface area (Å²) in [6.45, 7) is 0.509. The molecule has 12 heavy (non-hydrogen) atoms. The first kappa shape index (κ1) is 10.3. The maximum atomic E-state index is 5.58. The predicted octanol–water partition coefficient (Wildman–Crippen LogP) is 2.52. The van der Waals surface area contributed by atoms with E-state index in [0.717, 1.165) is 19.4 Å². The van der Waals surface area contributed by atoms with Crippen molar-refractivity contribution in [3.05, 3.63) is 25.7 Å². The second-order valence-electron chi connectivity index (χ2n) is 2.27. The van der Waals surface area contributed by atoms with Crippen LogP contribution in [0.3, 0.4) is 0 Å². The van der Waals surface area contributed by atoms with E-state index in [1.54, 1.807) is 7.11 Å². The van der Waals surface area contributed by atoms with Crippen LogP contribution in [0.2, 0.25) is 0 Å². The molecule has 0 heterocycles. The fourth-order valence-corrected chi connectivity index (χ4v) is 2.65. The second kappa shape index (κ2) is 4.43. The lowest BCUT2D eigenvalue weighted by Gasteiger charge is -2.08. The minimum Gasteiger partial charge on any atom is -0.496 e. The molecule has 0 aliphatic rings. The van der Waals surface area contributed by atoms with Crippen LogP contribution in [0.5, 0.6) is 5.75 Å². The van der Waals surface area contributed by atoms with Gasteiger partial charge in [-0.25, -0.2) is 0 Å². The molecule has 66 valence electrons. The molecule has 0 saturated heterocycles. The number of nitrogens with two attached hydrogens (primary N) is 1. The van der Waals surface area contributed by atoms with Crippen LogP contribution in [-0.4, -0.2) is 7.11 Å². The molecule has 0 amide bonds. The molecule has 2 nitrogen and oxygen atoms in total. The van der Waals surface area contributed by atoms with E-state index >= 15 is 0 Å². The molecule has 2 N–H and O–H groups in total. The third-order valence-corrected chi connectivity index (χ3v) is 2.96. The van der Waals surface area contributed by atoms with Crippen molar-refractivity contribution < 1.29 is 4.74 Å². The lowest BCUT2D eigenvalue weighted by atomic mass is 10.2. The molecule has 0 aliphatic carbocycles. The van der Waals surface area contributed by atoms with Gasteiger partial charge in [0.25, 0.3) is 0 Å². The highest BCUT2D eigenvalue weighted by Crippen LogP contribution is 2.28. The fraction of sp³-hybridized carbons (Fsp3) is 0.250. The normalized spacial score (nSPS) is 10.0. The maximum Gasteiger partial charge on any atom is 0.125 e. The monoisotopic (exact) mass is 341 g/mol. The summed E-state index contributed by atoms with van der Waals surface area (Å²) in [5, 5.41) is 0. The van der Waals surface area contributed by atoms with Gasteiger partial charge in [-0.15, -0.1) is 0 Å². The Morgan fingerprint density at radius 1 is 1.58 bits per heavy atom. The molecular formula is C8H9BrINO. The van der Waals surface area contributed by atoms with Crippen molar-refractivity contribution in [2.45, 2.75) is 6.54 Å². The number of ether oxygens (including phenoxy) is 1. The largest absolute Gasteiger partial charge is 0.496 e. The van der Waals surface area contributed by atoms with Gasteiger partial charge in [0.15, 0.2) is 0 Å². The highest BCUT2D eigenvalue weighted by molar-refractivity contribution is 14.1. The molecular weight excluding hydrogens is 333 g/mol. The zero-order valence-corrected chi connectivity index (χ0v) is 10.3. The minimum atomic E-state index is 0.509. The summed E-state index contributed by atoms with van der Waals surface area (Å²) in [7, 11) is 1.65. The molecule has 4 heteroatoms. The van der Waals surface area contributed by atoms with E-state index in [4.69, 9.17) is 10.5 Å². The van der Waals surface area contributed by atoms with Crippen LogP contribution in [0.4, 0.5) is 0 Å². The lowest BCUT2D eigenvalue weighted by Crippen LogP contribution is -2.02. The molecule has 1 rings (SSSR count). The van der Waals surface area contributed by atoms with E-state index in [1.165, 1.54) is 0 Å². The first-order chi connectivity index (χ1) is 5.69. The van der Waals surface area contributed by atoms with Crippen molar-refractivity contribution in [2.75, 3.05) is 7.11 Å². The summed E-state index contributed by atoms with van der Waals surface area (Å²) in [5.74, 6) is 0.844.